The zero-order valence-electron chi connectivity index (χ0n) is 15.4. The first-order valence-corrected chi connectivity index (χ1v) is 10.4. The normalized spacial score (nSPS) is 20.8. The van der Waals surface area contributed by atoms with E-state index in [1.165, 1.54) is 12.8 Å². The van der Waals surface area contributed by atoms with Crippen molar-refractivity contribution < 1.29 is 9.59 Å². The van der Waals surface area contributed by atoms with Crippen LogP contribution in [0.4, 0.5) is 5.13 Å². The second-order valence-electron chi connectivity index (χ2n) is 7.20. The van der Waals surface area contributed by atoms with Crippen LogP contribution >= 0.6 is 11.3 Å². The number of carbonyl (C=O) groups excluding carboxylic acids is 2. The molecule has 0 aromatic carbocycles. The van der Waals surface area contributed by atoms with Crippen molar-refractivity contribution in [1.29, 1.82) is 0 Å². The van der Waals surface area contributed by atoms with Crippen molar-refractivity contribution in [3.05, 3.63) is 11.1 Å². The lowest BCUT2D eigenvalue weighted by atomic mass is 10.0. The average Bonchev–Trinajstić information content (AvgIpc) is 3.33. The molecule has 1 unspecified atom stereocenters. The van der Waals surface area contributed by atoms with E-state index >= 15 is 0 Å². The molecule has 1 aromatic rings. The Labute approximate surface area is 158 Å². The summed E-state index contributed by atoms with van der Waals surface area (Å²) in [6.45, 7) is 4.45. The summed E-state index contributed by atoms with van der Waals surface area (Å²) >= 11 is 1.55. The molecule has 2 fully saturated rings. The van der Waals surface area contributed by atoms with E-state index in [2.05, 4.69) is 15.6 Å². The number of carbonyl (C=O) groups is 2. The number of rotatable bonds is 8. The van der Waals surface area contributed by atoms with Crippen LogP contribution in [0.15, 0.2) is 5.38 Å². The number of thiazole rings is 1. The van der Waals surface area contributed by atoms with Crippen LogP contribution in [0, 0.1) is 0 Å². The topological polar surface area (TPSA) is 91.6 Å². The summed E-state index contributed by atoms with van der Waals surface area (Å²) in [6.07, 6.45) is 5.98. The molecule has 26 heavy (non-hydrogen) atoms. The van der Waals surface area contributed by atoms with Crippen LogP contribution in [0.3, 0.4) is 0 Å². The van der Waals surface area contributed by atoms with Gasteiger partial charge in [0.15, 0.2) is 5.13 Å². The number of amides is 2. The van der Waals surface area contributed by atoms with E-state index in [0.717, 1.165) is 43.2 Å². The minimum atomic E-state index is 0.0236. The van der Waals surface area contributed by atoms with Gasteiger partial charge in [-0.15, -0.1) is 11.3 Å². The summed E-state index contributed by atoms with van der Waals surface area (Å²) in [5.41, 5.74) is 6.45. The SMILES string of the molecule is CC(=O)N(c1nc(CN2CCCCC2CNC(=O)CCN)cs1)C1CC1. The van der Waals surface area contributed by atoms with E-state index in [-0.39, 0.29) is 11.8 Å². The van der Waals surface area contributed by atoms with E-state index in [9.17, 15) is 9.59 Å². The summed E-state index contributed by atoms with van der Waals surface area (Å²) in [7, 11) is 0. The molecular formula is C18H29N5O2S. The van der Waals surface area contributed by atoms with Gasteiger partial charge in [-0.25, -0.2) is 4.98 Å². The summed E-state index contributed by atoms with van der Waals surface area (Å²) in [5, 5.41) is 5.88. The third kappa shape index (κ3) is 5.02. The molecule has 2 heterocycles. The molecule has 1 saturated heterocycles. The molecule has 7 nitrogen and oxygen atoms in total. The number of hydrogen-bond donors (Lipinski definition) is 2. The fourth-order valence-corrected chi connectivity index (χ4v) is 4.45. The third-order valence-electron chi connectivity index (χ3n) is 5.02. The Hall–Kier alpha value is -1.51. The van der Waals surface area contributed by atoms with Crippen LogP contribution < -0.4 is 16.0 Å². The van der Waals surface area contributed by atoms with Crippen LogP contribution in [0.1, 0.15) is 51.1 Å². The van der Waals surface area contributed by atoms with Crippen molar-refractivity contribution >= 4 is 28.3 Å². The maximum atomic E-state index is 11.9. The number of nitrogens with one attached hydrogen (secondary N) is 1. The highest BCUT2D eigenvalue weighted by molar-refractivity contribution is 7.14. The second-order valence-corrected chi connectivity index (χ2v) is 8.04. The zero-order valence-corrected chi connectivity index (χ0v) is 16.3. The quantitative estimate of drug-likeness (QED) is 0.714. The van der Waals surface area contributed by atoms with E-state index in [0.29, 0.717) is 31.6 Å². The summed E-state index contributed by atoms with van der Waals surface area (Å²) in [6, 6.07) is 0.676. The van der Waals surface area contributed by atoms with Gasteiger partial charge in [0.25, 0.3) is 0 Å². The Bertz CT molecular complexity index is 631. The number of aromatic nitrogens is 1. The number of nitrogens with zero attached hydrogens (tertiary/aromatic N) is 3. The Morgan fingerprint density at radius 1 is 1.38 bits per heavy atom. The van der Waals surface area contributed by atoms with Gasteiger partial charge in [0, 0.05) is 50.4 Å². The minimum absolute atomic E-state index is 0.0236. The van der Waals surface area contributed by atoms with Gasteiger partial charge in [-0.2, -0.15) is 0 Å². The highest BCUT2D eigenvalue weighted by Gasteiger charge is 2.34. The number of nitrogens with two attached hydrogens (primary N) is 1. The van der Waals surface area contributed by atoms with Gasteiger partial charge >= 0.3 is 0 Å². The lowest BCUT2D eigenvalue weighted by molar-refractivity contribution is -0.121. The van der Waals surface area contributed by atoms with Gasteiger partial charge in [-0.3, -0.25) is 19.4 Å². The monoisotopic (exact) mass is 379 g/mol. The molecule has 1 aliphatic carbocycles. The van der Waals surface area contributed by atoms with Crippen molar-refractivity contribution in [2.75, 3.05) is 24.5 Å². The number of piperidine rings is 1. The van der Waals surface area contributed by atoms with Gasteiger partial charge in [0.1, 0.15) is 0 Å². The Kier molecular flexibility index (Phi) is 6.61. The highest BCUT2D eigenvalue weighted by atomic mass is 32.1. The molecule has 144 valence electrons. The van der Waals surface area contributed by atoms with Crippen LogP contribution in [0.2, 0.25) is 0 Å². The van der Waals surface area contributed by atoms with Crippen LogP contribution in [-0.4, -0.2) is 53.4 Å². The Balaban J connectivity index is 1.59. The fraction of sp³-hybridized carbons (Fsp3) is 0.722. The molecule has 8 heteroatoms. The lowest BCUT2D eigenvalue weighted by Crippen LogP contribution is -2.46. The van der Waals surface area contributed by atoms with Gasteiger partial charge in [-0.05, 0) is 32.2 Å². The fourth-order valence-electron chi connectivity index (χ4n) is 3.52. The number of hydrogen-bond acceptors (Lipinski definition) is 6. The van der Waals surface area contributed by atoms with Crippen molar-refractivity contribution in [3.63, 3.8) is 0 Å². The molecule has 2 amide bonds. The molecule has 1 atom stereocenters. The Morgan fingerprint density at radius 2 is 2.19 bits per heavy atom. The Morgan fingerprint density at radius 3 is 2.88 bits per heavy atom. The van der Waals surface area contributed by atoms with Crippen molar-refractivity contribution in [2.24, 2.45) is 5.73 Å². The molecule has 0 bridgehead atoms. The molecule has 1 saturated carbocycles. The molecule has 0 radical (unpaired) electrons. The number of anilines is 1. The summed E-state index contributed by atoms with van der Waals surface area (Å²) in [5.74, 6) is 0.0994. The molecular weight excluding hydrogens is 350 g/mol. The zero-order chi connectivity index (χ0) is 18.5. The van der Waals surface area contributed by atoms with Crippen molar-refractivity contribution in [1.82, 2.24) is 15.2 Å². The third-order valence-corrected chi connectivity index (χ3v) is 5.91. The van der Waals surface area contributed by atoms with Crippen LogP contribution in [0.5, 0.6) is 0 Å². The summed E-state index contributed by atoms with van der Waals surface area (Å²) < 4.78 is 0. The van der Waals surface area contributed by atoms with Gasteiger partial charge in [-0.1, -0.05) is 6.42 Å². The first-order chi connectivity index (χ1) is 12.6. The molecule has 1 aliphatic heterocycles. The number of likely N-dealkylation sites (tertiary alicyclic amines) is 1. The van der Waals surface area contributed by atoms with Gasteiger partial charge < -0.3 is 11.1 Å². The first kappa shape index (κ1) is 19.3. The van der Waals surface area contributed by atoms with Gasteiger partial charge in [0.2, 0.25) is 11.8 Å². The van der Waals surface area contributed by atoms with Crippen molar-refractivity contribution in [3.8, 4) is 0 Å². The first-order valence-electron chi connectivity index (χ1n) is 9.53. The van der Waals surface area contributed by atoms with Crippen molar-refractivity contribution in [2.45, 2.75) is 64.1 Å². The molecule has 3 N–H and O–H groups in total. The standard InChI is InChI=1S/C18H29N5O2S/c1-13(24)23(15-5-6-15)18-21-14(12-26-18)11-22-9-3-2-4-16(22)10-20-17(25)7-8-19/h12,15-16H,2-11,19H2,1H3,(H,20,25). The minimum Gasteiger partial charge on any atom is -0.354 e. The molecule has 1 aromatic heterocycles. The maximum absolute atomic E-state index is 11.9. The molecule has 3 rings (SSSR count). The lowest BCUT2D eigenvalue weighted by Gasteiger charge is -2.35. The highest BCUT2D eigenvalue weighted by Crippen LogP contribution is 2.34. The van der Waals surface area contributed by atoms with E-state index < -0.39 is 0 Å². The molecule has 2 aliphatic rings. The van der Waals surface area contributed by atoms with Gasteiger partial charge in [0.05, 0.1) is 5.69 Å². The summed E-state index contributed by atoms with van der Waals surface area (Å²) in [4.78, 5) is 32.6. The predicted molar refractivity (Wildman–Crippen MR) is 103 cm³/mol. The largest absolute Gasteiger partial charge is 0.354 e. The van der Waals surface area contributed by atoms with Crippen LogP contribution in [0.25, 0.3) is 0 Å². The van der Waals surface area contributed by atoms with E-state index in [1.54, 1.807) is 18.3 Å². The van der Waals surface area contributed by atoms with E-state index in [4.69, 9.17) is 10.7 Å². The molecule has 0 spiro atoms. The maximum Gasteiger partial charge on any atom is 0.225 e. The average molecular weight is 380 g/mol. The van der Waals surface area contributed by atoms with E-state index in [1.807, 2.05) is 4.90 Å². The smallest absolute Gasteiger partial charge is 0.225 e. The second kappa shape index (κ2) is 8.92. The van der Waals surface area contributed by atoms with Crippen LogP contribution in [-0.2, 0) is 16.1 Å². The predicted octanol–water partition coefficient (Wildman–Crippen LogP) is 1.48.